The standard InChI is InChI=1S/C15H13ClINO3/c16-9-3-4-11(10(17)6-9)18-14(19)12-7-1-2-8(5-7)13(12)15(20)21/h1-4,6-8,12-13H,5H2,(H,18,19)(H,20,21). The molecule has 2 bridgehead atoms. The summed E-state index contributed by atoms with van der Waals surface area (Å²) in [7, 11) is 0. The molecule has 21 heavy (non-hydrogen) atoms. The third kappa shape index (κ3) is 2.68. The van der Waals surface area contributed by atoms with E-state index in [-0.39, 0.29) is 17.7 Å². The van der Waals surface area contributed by atoms with Crippen LogP contribution < -0.4 is 5.32 Å². The van der Waals surface area contributed by atoms with Crippen LogP contribution in [-0.4, -0.2) is 17.0 Å². The van der Waals surface area contributed by atoms with Crippen molar-refractivity contribution in [3.8, 4) is 0 Å². The predicted octanol–water partition coefficient (Wildman–Crippen LogP) is 3.41. The van der Waals surface area contributed by atoms with E-state index in [2.05, 4.69) is 27.9 Å². The van der Waals surface area contributed by atoms with Gasteiger partial charge in [0.05, 0.1) is 17.5 Å². The minimum absolute atomic E-state index is 0.0208. The second-order valence-corrected chi connectivity index (χ2v) is 7.05. The lowest BCUT2D eigenvalue weighted by molar-refractivity contribution is -0.146. The highest BCUT2D eigenvalue weighted by Gasteiger charge is 2.51. The van der Waals surface area contributed by atoms with E-state index in [0.717, 1.165) is 9.99 Å². The smallest absolute Gasteiger partial charge is 0.307 e. The first-order valence-electron chi connectivity index (χ1n) is 6.64. The van der Waals surface area contributed by atoms with Crippen LogP contribution in [0.15, 0.2) is 30.4 Å². The van der Waals surface area contributed by atoms with E-state index in [1.165, 1.54) is 0 Å². The van der Waals surface area contributed by atoms with E-state index in [0.29, 0.717) is 10.7 Å². The van der Waals surface area contributed by atoms with Crippen molar-refractivity contribution in [2.24, 2.45) is 23.7 Å². The van der Waals surface area contributed by atoms with Crippen molar-refractivity contribution in [1.82, 2.24) is 0 Å². The van der Waals surface area contributed by atoms with Crippen molar-refractivity contribution in [3.05, 3.63) is 38.9 Å². The molecule has 4 atom stereocenters. The maximum absolute atomic E-state index is 12.5. The SMILES string of the molecule is O=C(O)C1C2C=CC(C2)C1C(=O)Nc1ccc(Cl)cc1I. The number of carbonyl (C=O) groups excluding carboxylic acids is 1. The Morgan fingerprint density at radius 1 is 1.24 bits per heavy atom. The van der Waals surface area contributed by atoms with Crippen molar-refractivity contribution in [3.63, 3.8) is 0 Å². The molecule has 2 N–H and O–H groups in total. The average Bonchev–Trinajstić information content (AvgIpc) is 3.02. The van der Waals surface area contributed by atoms with Crippen molar-refractivity contribution in [2.45, 2.75) is 6.42 Å². The Morgan fingerprint density at radius 3 is 2.52 bits per heavy atom. The van der Waals surface area contributed by atoms with E-state index in [9.17, 15) is 14.7 Å². The van der Waals surface area contributed by atoms with Crippen molar-refractivity contribution in [2.75, 3.05) is 5.32 Å². The second kappa shape index (κ2) is 5.61. The number of hydrogen-bond donors (Lipinski definition) is 2. The number of amides is 1. The Labute approximate surface area is 140 Å². The molecule has 1 amide bonds. The number of hydrogen-bond acceptors (Lipinski definition) is 2. The van der Waals surface area contributed by atoms with Crippen molar-refractivity contribution < 1.29 is 14.7 Å². The molecule has 2 aliphatic rings. The van der Waals surface area contributed by atoms with E-state index >= 15 is 0 Å². The number of rotatable bonds is 3. The summed E-state index contributed by atoms with van der Waals surface area (Å²) >= 11 is 7.99. The van der Waals surface area contributed by atoms with E-state index in [4.69, 9.17) is 11.6 Å². The lowest BCUT2D eigenvalue weighted by Gasteiger charge is -2.24. The zero-order valence-electron chi connectivity index (χ0n) is 10.9. The molecule has 0 saturated heterocycles. The highest BCUT2D eigenvalue weighted by Crippen LogP contribution is 2.48. The van der Waals surface area contributed by atoms with Gasteiger partial charge < -0.3 is 10.4 Å². The molecule has 110 valence electrons. The summed E-state index contributed by atoms with van der Waals surface area (Å²) in [5.74, 6) is -2.22. The Morgan fingerprint density at radius 2 is 1.90 bits per heavy atom. The molecule has 0 spiro atoms. The first-order valence-corrected chi connectivity index (χ1v) is 8.10. The minimum atomic E-state index is -0.891. The zero-order valence-corrected chi connectivity index (χ0v) is 13.8. The Hall–Kier alpha value is -1.08. The summed E-state index contributed by atoms with van der Waals surface area (Å²) in [6, 6.07) is 5.20. The fourth-order valence-electron chi connectivity index (χ4n) is 3.32. The van der Waals surface area contributed by atoms with E-state index in [1.54, 1.807) is 18.2 Å². The third-order valence-electron chi connectivity index (χ3n) is 4.24. The molecule has 0 aromatic heterocycles. The quantitative estimate of drug-likeness (QED) is 0.585. The van der Waals surface area contributed by atoms with Gasteiger partial charge in [0, 0.05) is 8.59 Å². The first kappa shape index (κ1) is 14.8. The number of carboxylic acid groups (broad SMARTS) is 1. The van der Waals surface area contributed by atoms with Gasteiger partial charge in [0.2, 0.25) is 5.91 Å². The molecule has 2 aliphatic carbocycles. The molecule has 6 heteroatoms. The fourth-order valence-corrected chi connectivity index (χ4v) is 4.33. The molecule has 0 aliphatic heterocycles. The average molecular weight is 418 g/mol. The normalized spacial score (nSPS) is 29.6. The third-order valence-corrected chi connectivity index (χ3v) is 5.36. The maximum atomic E-state index is 12.5. The number of aliphatic carboxylic acids is 1. The molecule has 1 aromatic carbocycles. The molecule has 0 radical (unpaired) electrons. The lowest BCUT2D eigenvalue weighted by Crippen LogP contribution is -2.36. The summed E-state index contributed by atoms with van der Waals surface area (Å²) in [6.45, 7) is 0. The maximum Gasteiger partial charge on any atom is 0.307 e. The van der Waals surface area contributed by atoms with Crippen LogP contribution in [0.25, 0.3) is 0 Å². The van der Waals surface area contributed by atoms with Crippen LogP contribution in [0, 0.1) is 27.2 Å². The minimum Gasteiger partial charge on any atom is -0.481 e. The molecule has 1 aromatic rings. The zero-order chi connectivity index (χ0) is 15.1. The number of allylic oxidation sites excluding steroid dienone is 2. The summed E-state index contributed by atoms with van der Waals surface area (Å²) in [6.07, 6.45) is 4.66. The molecule has 3 rings (SSSR count). The molecule has 1 fully saturated rings. The van der Waals surface area contributed by atoms with Gasteiger partial charge in [0.25, 0.3) is 0 Å². The van der Waals surface area contributed by atoms with Gasteiger partial charge in [-0.05, 0) is 59.0 Å². The van der Waals surface area contributed by atoms with Gasteiger partial charge in [0.1, 0.15) is 0 Å². The van der Waals surface area contributed by atoms with Gasteiger partial charge in [0.15, 0.2) is 0 Å². The number of carbonyl (C=O) groups is 2. The van der Waals surface area contributed by atoms with Crippen molar-refractivity contribution in [1.29, 1.82) is 0 Å². The summed E-state index contributed by atoms with van der Waals surface area (Å²) < 4.78 is 0.832. The Balaban J connectivity index is 1.82. The van der Waals surface area contributed by atoms with Gasteiger partial charge in [-0.2, -0.15) is 0 Å². The summed E-state index contributed by atoms with van der Waals surface area (Å²) in [5.41, 5.74) is 0.667. The largest absolute Gasteiger partial charge is 0.481 e. The van der Waals surface area contributed by atoms with Gasteiger partial charge in [-0.25, -0.2) is 0 Å². The van der Waals surface area contributed by atoms with Gasteiger partial charge in [-0.15, -0.1) is 0 Å². The number of halogens is 2. The summed E-state index contributed by atoms with van der Waals surface area (Å²) in [5, 5.41) is 12.8. The number of carboxylic acids is 1. The highest BCUT2D eigenvalue weighted by molar-refractivity contribution is 14.1. The topological polar surface area (TPSA) is 66.4 Å². The first-order chi connectivity index (χ1) is 9.97. The van der Waals surface area contributed by atoms with Crippen LogP contribution >= 0.6 is 34.2 Å². The summed E-state index contributed by atoms with van der Waals surface area (Å²) in [4.78, 5) is 23.9. The monoisotopic (exact) mass is 417 g/mol. The van der Waals surface area contributed by atoms with Gasteiger partial charge >= 0.3 is 5.97 Å². The van der Waals surface area contributed by atoms with Crippen LogP contribution in [-0.2, 0) is 9.59 Å². The molecule has 4 unspecified atom stereocenters. The number of nitrogens with one attached hydrogen (secondary N) is 1. The Kier molecular flexibility index (Phi) is 3.96. The molecule has 4 nitrogen and oxygen atoms in total. The van der Waals surface area contributed by atoms with Crippen LogP contribution in [0.5, 0.6) is 0 Å². The fraction of sp³-hybridized carbons (Fsp3) is 0.333. The molecular formula is C15H13ClINO3. The number of fused-ring (bicyclic) bond motifs is 2. The van der Waals surface area contributed by atoms with E-state index in [1.807, 2.05) is 12.2 Å². The molecular weight excluding hydrogens is 405 g/mol. The molecule has 1 saturated carbocycles. The van der Waals surface area contributed by atoms with Gasteiger partial charge in [-0.1, -0.05) is 23.8 Å². The van der Waals surface area contributed by atoms with Crippen LogP contribution in [0.2, 0.25) is 5.02 Å². The highest BCUT2D eigenvalue weighted by atomic mass is 127. The van der Waals surface area contributed by atoms with Crippen LogP contribution in [0.1, 0.15) is 6.42 Å². The molecule has 0 heterocycles. The van der Waals surface area contributed by atoms with E-state index < -0.39 is 17.8 Å². The van der Waals surface area contributed by atoms with Crippen LogP contribution in [0.4, 0.5) is 5.69 Å². The second-order valence-electron chi connectivity index (χ2n) is 5.45. The number of anilines is 1. The predicted molar refractivity (Wildman–Crippen MR) is 88.2 cm³/mol. The Bertz CT molecular complexity index is 646. The van der Waals surface area contributed by atoms with Gasteiger partial charge in [-0.3, -0.25) is 9.59 Å². The van der Waals surface area contributed by atoms with Crippen LogP contribution in [0.3, 0.4) is 0 Å². The number of benzene rings is 1. The van der Waals surface area contributed by atoms with Crippen molar-refractivity contribution >= 4 is 51.8 Å². The lowest BCUT2D eigenvalue weighted by atomic mass is 9.82.